The van der Waals surface area contributed by atoms with Gasteiger partial charge < -0.3 is 4.90 Å². The van der Waals surface area contributed by atoms with Crippen molar-refractivity contribution in [3.05, 3.63) is 0 Å². The molecule has 0 saturated heterocycles. The normalized spacial score (nSPS) is 13.9. The van der Waals surface area contributed by atoms with Gasteiger partial charge in [-0.2, -0.15) is 5.26 Å². The molecule has 0 aromatic heterocycles. The van der Waals surface area contributed by atoms with Crippen molar-refractivity contribution in [1.82, 2.24) is 4.90 Å². The Labute approximate surface area is 95.3 Å². The second-order valence-electron chi connectivity index (χ2n) is 5.22. The summed E-state index contributed by atoms with van der Waals surface area (Å²) < 4.78 is 0. The van der Waals surface area contributed by atoms with Crippen LogP contribution in [0.15, 0.2) is 0 Å². The molecule has 0 N–H and O–H groups in total. The smallest absolute Gasteiger partial charge is 0.0683 e. The topological polar surface area (TPSA) is 27.0 Å². The Morgan fingerprint density at radius 1 is 1.40 bits per heavy atom. The van der Waals surface area contributed by atoms with E-state index in [2.05, 4.69) is 31.9 Å². The summed E-state index contributed by atoms with van der Waals surface area (Å²) in [6.45, 7) is 9.64. The van der Waals surface area contributed by atoms with Crippen molar-refractivity contribution < 1.29 is 0 Å². The fourth-order valence-corrected chi connectivity index (χ4v) is 1.68. The van der Waals surface area contributed by atoms with E-state index in [1.54, 1.807) is 0 Å². The quantitative estimate of drug-likeness (QED) is 0.643. The molecule has 0 heterocycles. The minimum absolute atomic E-state index is 0.158. The van der Waals surface area contributed by atoms with Crippen LogP contribution in [0.25, 0.3) is 0 Å². The van der Waals surface area contributed by atoms with Gasteiger partial charge in [0, 0.05) is 6.04 Å². The molecule has 15 heavy (non-hydrogen) atoms. The lowest BCUT2D eigenvalue weighted by atomic mass is 9.90. The van der Waals surface area contributed by atoms with Crippen LogP contribution < -0.4 is 0 Å². The van der Waals surface area contributed by atoms with E-state index in [9.17, 15) is 0 Å². The fraction of sp³-hybridized carbons (Fsp3) is 0.923. The fourth-order valence-electron chi connectivity index (χ4n) is 1.68. The number of nitrogens with zero attached hydrogens (tertiary/aromatic N) is 2. The van der Waals surface area contributed by atoms with Crippen LogP contribution in [-0.4, -0.2) is 24.5 Å². The second kappa shape index (κ2) is 6.85. The lowest BCUT2D eigenvalue weighted by Gasteiger charge is -2.25. The molecule has 0 fully saturated rings. The van der Waals surface area contributed by atoms with Crippen molar-refractivity contribution >= 4 is 0 Å². The third-order valence-electron chi connectivity index (χ3n) is 3.07. The molecule has 0 aliphatic rings. The molecule has 2 heteroatoms. The largest absolute Gasteiger partial charge is 0.304 e. The van der Waals surface area contributed by atoms with Crippen molar-refractivity contribution in [2.45, 2.75) is 59.4 Å². The van der Waals surface area contributed by atoms with E-state index in [4.69, 9.17) is 5.26 Å². The van der Waals surface area contributed by atoms with Crippen LogP contribution in [0.4, 0.5) is 0 Å². The molecule has 0 aromatic rings. The molecule has 0 radical (unpaired) electrons. The summed E-state index contributed by atoms with van der Waals surface area (Å²) in [5.74, 6) is 0. The Hall–Kier alpha value is -0.550. The number of nitriles is 1. The zero-order valence-corrected chi connectivity index (χ0v) is 11.0. The molecular formula is C13H26N2. The first-order valence-electron chi connectivity index (χ1n) is 6.04. The maximum atomic E-state index is 8.89. The summed E-state index contributed by atoms with van der Waals surface area (Å²) in [7, 11) is 2.18. The molecular weight excluding hydrogens is 184 g/mol. The average Bonchev–Trinajstić information content (AvgIpc) is 2.18. The molecule has 2 nitrogen and oxygen atoms in total. The van der Waals surface area contributed by atoms with Crippen molar-refractivity contribution in [3.63, 3.8) is 0 Å². The van der Waals surface area contributed by atoms with Gasteiger partial charge in [-0.15, -0.1) is 0 Å². The molecule has 88 valence electrons. The predicted molar refractivity (Wildman–Crippen MR) is 65.6 cm³/mol. The summed E-state index contributed by atoms with van der Waals surface area (Å²) in [5, 5.41) is 8.89. The van der Waals surface area contributed by atoms with Gasteiger partial charge in [0.15, 0.2) is 0 Å². The van der Waals surface area contributed by atoms with Crippen LogP contribution in [0.3, 0.4) is 0 Å². The Balaban J connectivity index is 3.73. The summed E-state index contributed by atoms with van der Waals surface area (Å²) in [4.78, 5) is 2.40. The molecule has 1 atom stereocenters. The minimum atomic E-state index is -0.158. The van der Waals surface area contributed by atoms with Crippen molar-refractivity contribution in [2.24, 2.45) is 5.41 Å². The van der Waals surface area contributed by atoms with Gasteiger partial charge in [-0.3, -0.25) is 0 Å². The van der Waals surface area contributed by atoms with E-state index in [0.717, 1.165) is 19.4 Å². The third kappa shape index (κ3) is 6.52. The van der Waals surface area contributed by atoms with Gasteiger partial charge >= 0.3 is 0 Å². The lowest BCUT2D eigenvalue weighted by Crippen LogP contribution is -2.30. The Morgan fingerprint density at radius 3 is 2.47 bits per heavy atom. The van der Waals surface area contributed by atoms with Gasteiger partial charge in [0.05, 0.1) is 11.5 Å². The van der Waals surface area contributed by atoms with Crippen LogP contribution in [0.2, 0.25) is 0 Å². The Bertz CT molecular complexity index is 203. The molecule has 0 rings (SSSR count). The lowest BCUT2D eigenvalue weighted by molar-refractivity contribution is 0.231. The molecule has 0 aliphatic heterocycles. The van der Waals surface area contributed by atoms with Crippen LogP contribution in [0.1, 0.15) is 53.4 Å². The molecule has 0 saturated carbocycles. The highest BCUT2D eigenvalue weighted by Crippen LogP contribution is 2.20. The summed E-state index contributed by atoms with van der Waals surface area (Å²) in [6, 6.07) is 3.02. The molecule has 0 aromatic carbocycles. The zero-order valence-electron chi connectivity index (χ0n) is 11.0. The van der Waals surface area contributed by atoms with Crippen LogP contribution in [0, 0.1) is 16.7 Å². The third-order valence-corrected chi connectivity index (χ3v) is 3.07. The summed E-state index contributed by atoms with van der Waals surface area (Å²) in [5.41, 5.74) is -0.158. The van der Waals surface area contributed by atoms with Gasteiger partial charge in [-0.1, -0.05) is 13.3 Å². The predicted octanol–water partition coefficient (Wildman–Crippen LogP) is 3.44. The van der Waals surface area contributed by atoms with Gasteiger partial charge in [-0.25, -0.2) is 0 Å². The molecule has 0 bridgehead atoms. The maximum absolute atomic E-state index is 8.89. The SMILES string of the molecule is CCCC(C)N(C)CCCC(C)(C)C#N. The standard InChI is InChI=1S/C13H26N2/c1-6-8-12(2)15(5)10-7-9-13(3,4)11-14/h12H,6-10H2,1-5H3. The zero-order chi connectivity index (χ0) is 11.9. The Kier molecular flexibility index (Phi) is 6.60. The van der Waals surface area contributed by atoms with Crippen molar-refractivity contribution in [3.8, 4) is 6.07 Å². The van der Waals surface area contributed by atoms with Crippen molar-refractivity contribution in [1.29, 1.82) is 5.26 Å². The summed E-state index contributed by atoms with van der Waals surface area (Å²) in [6.07, 6.45) is 4.62. The highest BCUT2D eigenvalue weighted by Gasteiger charge is 2.16. The number of hydrogen-bond acceptors (Lipinski definition) is 2. The highest BCUT2D eigenvalue weighted by atomic mass is 15.1. The summed E-state index contributed by atoms with van der Waals surface area (Å²) >= 11 is 0. The monoisotopic (exact) mass is 210 g/mol. The van der Waals surface area contributed by atoms with E-state index >= 15 is 0 Å². The maximum Gasteiger partial charge on any atom is 0.0683 e. The molecule has 1 unspecified atom stereocenters. The van der Waals surface area contributed by atoms with Crippen LogP contribution in [0.5, 0.6) is 0 Å². The highest BCUT2D eigenvalue weighted by molar-refractivity contribution is 4.91. The molecule has 0 spiro atoms. The van der Waals surface area contributed by atoms with Gasteiger partial charge in [0.25, 0.3) is 0 Å². The minimum Gasteiger partial charge on any atom is -0.304 e. The van der Waals surface area contributed by atoms with E-state index < -0.39 is 0 Å². The Morgan fingerprint density at radius 2 is 2.00 bits per heavy atom. The van der Waals surface area contributed by atoms with E-state index in [0.29, 0.717) is 6.04 Å². The molecule has 0 aliphatic carbocycles. The first-order chi connectivity index (χ1) is 6.93. The van der Waals surface area contributed by atoms with Gasteiger partial charge in [0.1, 0.15) is 0 Å². The second-order valence-corrected chi connectivity index (χ2v) is 5.22. The average molecular weight is 210 g/mol. The van der Waals surface area contributed by atoms with Crippen LogP contribution >= 0.6 is 0 Å². The van der Waals surface area contributed by atoms with E-state index in [1.165, 1.54) is 12.8 Å². The number of rotatable bonds is 7. The van der Waals surface area contributed by atoms with Crippen molar-refractivity contribution in [2.75, 3.05) is 13.6 Å². The van der Waals surface area contributed by atoms with E-state index in [-0.39, 0.29) is 5.41 Å². The molecule has 0 amide bonds. The van der Waals surface area contributed by atoms with Gasteiger partial charge in [0.2, 0.25) is 0 Å². The first-order valence-corrected chi connectivity index (χ1v) is 6.04. The first kappa shape index (κ1) is 14.5. The number of hydrogen-bond donors (Lipinski definition) is 0. The van der Waals surface area contributed by atoms with Gasteiger partial charge in [-0.05, 0) is 53.6 Å². The van der Waals surface area contributed by atoms with Crippen LogP contribution in [-0.2, 0) is 0 Å². The van der Waals surface area contributed by atoms with E-state index in [1.807, 2.05) is 13.8 Å².